The van der Waals surface area contributed by atoms with Crippen molar-refractivity contribution in [2.75, 3.05) is 12.0 Å². The number of amides is 2. The number of aromatic nitrogens is 1. The molecule has 0 saturated carbocycles. The molecule has 0 bridgehead atoms. The number of pyridine rings is 1. The van der Waals surface area contributed by atoms with Gasteiger partial charge in [0.05, 0.1) is 30.1 Å². The number of methoxy groups -OCH3 is 1. The van der Waals surface area contributed by atoms with Gasteiger partial charge in [-0.15, -0.1) is 0 Å². The van der Waals surface area contributed by atoms with Crippen LogP contribution in [0, 0.1) is 5.41 Å². The molecular formula is C28H27Cl3N4O4S. The highest BCUT2D eigenvalue weighted by atomic mass is 35.6. The number of benzene rings is 2. The maximum atomic E-state index is 14.0. The Hall–Kier alpha value is -3.24. The van der Waals surface area contributed by atoms with E-state index in [0.717, 1.165) is 10.9 Å². The lowest BCUT2D eigenvalue weighted by Gasteiger charge is -2.35. The molecule has 1 aromatic heterocycles. The number of fused-ring (bicyclic) bond motifs is 1. The second-order valence-electron chi connectivity index (χ2n) is 9.31. The zero-order valence-corrected chi connectivity index (χ0v) is 24.9. The third-order valence-electron chi connectivity index (χ3n) is 5.76. The number of para-hydroxylation sites is 1. The van der Waals surface area contributed by atoms with E-state index < -0.39 is 33.2 Å². The highest BCUT2D eigenvalue weighted by Crippen LogP contribution is 2.33. The number of nitrogens with zero attached hydrogens (tertiary/aromatic N) is 2. The van der Waals surface area contributed by atoms with Crippen LogP contribution in [0.5, 0.6) is 0 Å². The molecule has 210 valence electrons. The molecule has 12 heteroatoms. The molecule has 2 amide bonds. The van der Waals surface area contributed by atoms with Gasteiger partial charge in [0.1, 0.15) is 6.17 Å². The Balaban J connectivity index is 1.97. The molecule has 0 saturated heterocycles. The zero-order chi connectivity index (χ0) is 29.5. The van der Waals surface area contributed by atoms with Crippen molar-refractivity contribution in [2.45, 2.75) is 30.2 Å². The number of anilines is 1. The number of esters is 1. The van der Waals surface area contributed by atoms with Crippen LogP contribution in [-0.4, -0.2) is 44.9 Å². The Bertz CT molecular complexity index is 1420. The molecule has 1 unspecified atom stereocenters. The number of thiocarbonyl (C=S) groups is 1. The van der Waals surface area contributed by atoms with Crippen LogP contribution >= 0.6 is 47.0 Å². The summed E-state index contributed by atoms with van der Waals surface area (Å²) in [6.45, 7) is 3.17. The number of nitrogens with one attached hydrogen (secondary N) is 2. The number of carbonyl (C=O) groups is 3. The van der Waals surface area contributed by atoms with E-state index in [1.807, 2.05) is 42.5 Å². The third kappa shape index (κ3) is 8.14. The highest BCUT2D eigenvalue weighted by molar-refractivity contribution is 7.80. The van der Waals surface area contributed by atoms with Crippen LogP contribution in [0.1, 0.15) is 25.8 Å². The number of carbonyl (C=O) groups excluding carboxylic acids is 3. The Kier molecular flexibility index (Phi) is 10.5. The first-order valence-corrected chi connectivity index (χ1v) is 13.5. The van der Waals surface area contributed by atoms with Crippen LogP contribution in [0.3, 0.4) is 0 Å². The highest BCUT2D eigenvalue weighted by Gasteiger charge is 2.40. The number of alkyl halides is 3. The maximum absolute atomic E-state index is 14.0. The lowest BCUT2D eigenvalue weighted by atomic mass is 9.87. The molecule has 1 heterocycles. The van der Waals surface area contributed by atoms with Crippen molar-refractivity contribution in [1.82, 2.24) is 15.6 Å². The average Bonchev–Trinajstić information content (AvgIpc) is 2.91. The summed E-state index contributed by atoms with van der Waals surface area (Å²) in [7, 11) is 1.24. The van der Waals surface area contributed by atoms with Gasteiger partial charge in [-0.25, -0.2) is 0 Å². The summed E-state index contributed by atoms with van der Waals surface area (Å²) in [5.74, 6) is -1.71. The molecule has 8 nitrogen and oxygen atoms in total. The minimum Gasteiger partial charge on any atom is -0.469 e. The van der Waals surface area contributed by atoms with Crippen molar-refractivity contribution in [1.29, 1.82) is 0 Å². The number of hydrogen-bond acceptors (Lipinski definition) is 6. The van der Waals surface area contributed by atoms with E-state index in [1.54, 1.807) is 44.3 Å². The molecule has 3 aromatic rings. The monoisotopic (exact) mass is 620 g/mol. The number of hydrogen-bond donors (Lipinski definition) is 2. The molecule has 0 fully saturated rings. The van der Waals surface area contributed by atoms with E-state index in [-0.39, 0.29) is 11.5 Å². The first kappa shape index (κ1) is 31.3. The fourth-order valence-electron chi connectivity index (χ4n) is 3.71. The Morgan fingerprint density at radius 1 is 1.02 bits per heavy atom. The van der Waals surface area contributed by atoms with Crippen LogP contribution in [-0.2, 0) is 19.1 Å². The van der Waals surface area contributed by atoms with E-state index >= 15 is 0 Å². The normalized spacial score (nSPS) is 12.6. The van der Waals surface area contributed by atoms with Gasteiger partial charge in [0.2, 0.25) is 15.6 Å². The molecule has 0 spiro atoms. The Labute approximate surface area is 252 Å². The first-order chi connectivity index (χ1) is 18.8. The lowest BCUT2D eigenvalue weighted by molar-refractivity contribution is -0.146. The van der Waals surface area contributed by atoms with Crippen LogP contribution in [0.15, 0.2) is 72.9 Å². The van der Waals surface area contributed by atoms with Gasteiger partial charge < -0.3 is 15.4 Å². The van der Waals surface area contributed by atoms with Crippen molar-refractivity contribution in [3.05, 3.63) is 78.5 Å². The molecule has 40 heavy (non-hydrogen) atoms. The van der Waals surface area contributed by atoms with Gasteiger partial charge in [0.25, 0.3) is 0 Å². The second kappa shape index (κ2) is 13.4. The molecule has 1 atom stereocenters. The van der Waals surface area contributed by atoms with Gasteiger partial charge in [0, 0.05) is 17.7 Å². The van der Waals surface area contributed by atoms with Crippen LogP contribution in [0.2, 0.25) is 0 Å². The summed E-state index contributed by atoms with van der Waals surface area (Å²) in [5.41, 5.74) is 0.334. The van der Waals surface area contributed by atoms with E-state index in [9.17, 15) is 14.4 Å². The fourth-order valence-corrected chi connectivity index (χ4v) is 4.33. The maximum Gasteiger partial charge on any atom is 0.306 e. The Morgan fingerprint density at radius 2 is 1.70 bits per heavy atom. The predicted octanol–water partition coefficient (Wildman–Crippen LogP) is 5.56. The standard InChI is InChI=1S/C28H27Cl3N4O4S/c1-27(2,17-22(37)39-3)25(38)35(20-13-7-11-19-12-8-16-32-23(19)20)26(40)34-24(28(29,30)31)33-21(36)15-14-18-9-5-4-6-10-18/h4-16,24H,17H2,1-3H3,(H,33,36)(H,34,40)/b15-14+. The van der Waals surface area contributed by atoms with Crippen molar-refractivity contribution < 1.29 is 19.1 Å². The summed E-state index contributed by atoms with van der Waals surface area (Å²) in [6.07, 6.45) is 2.87. The van der Waals surface area contributed by atoms with Gasteiger partial charge in [-0.1, -0.05) is 97.2 Å². The predicted molar refractivity (Wildman–Crippen MR) is 163 cm³/mol. The van der Waals surface area contributed by atoms with Gasteiger partial charge in [-0.2, -0.15) is 0 Å². The Morgan fingerprint density at radius 3 is 2.35 bits per heavy atom. The minimum absolute atomic E-state index is 0.190. The van der Waals surface area contributed by atoms with Crippen LogP contribution < -0.4 is 15.5 Å². The molecule has 2 aromatic carbocycles. The van der Waals surface area contributed by atoms with Crippen molar-refractivity contribution in [3.63, 3.8) is 0 Å². The second-order valence-corrected chi connectivity index (χ2v) is 12.1. The lowest BCUT2D eigenvalue weighted by Crippen LogP contribution is -2.60. The van der Waals surface area contributed by atoms with Crippen molar-refractivity contribution in [2.24, 2.45) is 5.41 Å². The summed E-state index contributed by atoms with van der Waals surface area (Å²) in [4.78, 5) is 44.4. The van der Waals surface area contributed by atoms with Crippen molar-refractivity contribution in [3.8, 4) is 0 Å². The number of halogens is 3. The summed E-state index contributed by atoms with van der Waals surface area (Å²) >= 11 is 24.3. The van der Waals surface area contributed by atoms with E-state index in [0.29, 0.717) is 11.2 Å². The van der Waals surface area contributed by atoms with Crippen LogP contribution in [0.25, 0.3) is 17.0 Å². The smallest absolute Gasteiger partial charge is 0.306 e. The molecule has 0 radical (unpaired) electrons. The minimum atomic E-state index is -2.08. The van der Waals surface area contributed by atoms with Gasteiger partial charge in [0.15, 0.2) is 5.11 Å². The van der Waals surface area contributed by atoms with E-state index in [4.69, 9.17) is 51.8 Å². The average molecular weight is 622 g/mol. The van der Waals surface area contributed by atoms with Gasteiger partial charge in [-0.05, 0) is 36.0 Å². The number of ether oxygens (including phenoxy) is 1. The van der Waals surface area contributed by atoms with Gasteiger partial charge in [-0.3, -0.25) is 24.3 Å². The number of rotatable bonds is 8. The molecule has 0 aliphatic heterocycles. The van der Waals surface area contributed by atoms with E-state index in [1.165, 1.54) is 18.1 Å². The van der Waals surface area contributed by atoms with Crippen LogP contribution in [0.4, 0.5) is 5.69 Å². The fraction of sp³-hybridized carbons (Fsp3) is 0.250. The summed E-state index contributed by atoms with van der Waals surface area (Å²) in [5, 5.41) is 5.92. The third-order valence-corrected chi connectivity index (χ3v) is 6.71. The SMILES string of the molecule is COC(=O)CC(C)(C)C(=O)N(C(=S)NC(NC(=O)/C=C/c1ccccc1)C(Cl)(Cl)Cl)c1cccc2cccnc12. The largest absolute Gasteiger partial charge is 0.469 e. The topological polar surface area (TPSA) is 101 Å². The zero-order valence-electron chi connectivity index (χ0n) is 21.9. The quantitative estimate of drug-likeness (QED) is 0.112. The van der Waals surface area contributed by atoms with E-state index in [2.05, 4.69) is 15.6 Å². The molecule has 2 N–H and O–H groups in total. The first-order valence-electron chi connectivity index (χ1n) is 12.0. The van der Waals surface area contributed by atoms with Gasteiger partial charge >= 0.3 is 5.97 Å². The summed E-state index contributed by atoms with van der Waals surface area (Å²) < 4.78 is 2.71. The molecule has 3 rings (SSSR count). The molecule has 0 aliphatic carbocycles. The van der Waals surface area contributed by atoms with Crippen molar-refractivity contribution >= 4 is 92.6 Å². The molecule has 0 aliphatic rings. The summed E-state index contributed by atoms with van der Waals surface area (Å²) in [6, 6.07) is 18.0. The molecular weight excluding hydrogens is 595 g/mol.